The average molecular weight is 229 g/mol. The van der Waals surface area contributed by atoms with Gasteiger partial charge in [-0.05, 0) is 31.6 Å². The number of rotatable bonds is 5. The molecule has 1 N–H and O–H groups in total. The van der Waals surface area contributed by atoms with E-state index >= 15 is 0 Å². The van der Waals surface area contributed by atoms with Crippen LogP contribution < -0.4 is 5.32 Å². The standard InChI is InChI=1S/C10H13ClN2O2/c1-2-12-6-5-8-7-9(11)3-4-10(8)13(14)15/h3-4,7,12H,2,5-6H2,1H3. The second-order valence-corrected chi connectivity index (χ2v) is 3.57. The van der Waals surface area contributed by atoms with E-state index in [4.69, 9.17) is 11.6 Å². The fourth-order valence-corrected chi connectivity index (χ4v) is 1.53. The van der Waals surface area contributed by atoms with Crippen LogP contribution in [0.3, 0.4) is 0 Å². The third kappa shape index (κ3) is 3.49. The minimum atomic E-state index is -0.377. The molecule has 0 heterocycles. The van der Waals surface area contributed by atoms with Crippen LogP contribution in [-0.2, 0) is 6.42 Å². The fourth-order valence-electron chi connectivity index (χ4n) is 1.33. The first-order valence-electron chi connectivity index (χ1n) is 4.78. The van der Waals surface area contributed by atoms with Crippen LogP contribution in [0.15, 0.2) is 18.2 Å². The number of nitro groups is 1. The van der Waals surface area contributed by atoms with Gasteiger partial charge in [0.2, 0.25) is 0 Å². The summed E-state index contributed by atoms with van der Waals surface area (Å²) < 4.78 is 0. The van der Waals surface area contributed by atoms with Gasteiger partial charge in [-0.1, -0.05) is 18.5 Å². The SMILES string of the molecule is CCNCCc1cc(Cl)ccc1[N+](=O)[O-]. The van der Waals surface area contributed by atoms with Gasteiger partial charge in [0.25, 0.3) is 5.69 Å². The van der Waals surface area contributed by atoms with Crippen molar-refractivity contribution >= 4 is 17.3 Å². The van der Waals surface area contributed by atoms with Gasteiger partial charge in [0.15, 0.2) is 0 Å². The molecule has 0 spiro atoms. The maximum Gasteiger partial charge on any atom is 0.272 e. The molecule has 0 bridgehead atoms. The van der Waals surface area contributed by atoms with E-state index in [-0.39, 0.29) is 10.6 Å². The van der Waals surface area contributed by atoms with Crippen LogP contribution in [0.1, 0.15) is 12.5 Å². The van der Waals surface area contributed by atoms with Crippen molar-refractivity contribution in [3.8, 4) is 0 Å². The number of likely N-dealkylation sites (N-methyl/N-ethyl adjacent to an activating group) is 1. The van der Waals surface area contributed by atoms with Crippen molar-refractivity contribution in [2.24, 2.45) is 0 Å². The van der Waals surface area contributed by atoms with Gasteiger partial charge in [0.05, 0.1) is 4.92 Å². The van der Waals surface area contributed by atoms with Crippen LogP contribution in [0, 0.1) is 10.1 Å². The van der Waals surface area contributed by atoms with Crippen molar-refractivity contribution in [3.05, 3.63) is 38.9 Å². The van der Waals surface area contributed by atoms with Gasteiger partial charge in [-0.3, -0.25) is 10.1 Å². The number of nitrogens with one attached hydrogen (secondary N) is 1. The first-order chi connectivity index (χ1) is 7.15. The highest BCUT2D eigenvalue weighted by molar-refractivity contribution is 6.30. The Balaban J connectivity index is 2.82. The highest BCUT2D eigenvalue weighted by Crippen LogP contribution is 2.22. The van der Waals surface area contributed by atoms with Crippen molar-refractivity contribution in [2.75, 3.05) is 13.1 Å². The third-order valence-electron chi connectivity index (χ3n) is 2.06. The van der Waals surface area contributed by atoms with E-state index in [1.165, 1.54) is 12.1 Å². The van der Waals surface area contributed by atoms with Gasteiger partial charge in [0, 0.05) is 16.7 Å². The number of halogens is 1. The third-order valence-corrected chi connectivity index (χ3v) is 2.29. The Kier molecular flexibility index (Phi) is 4.52. The van der Waals surface area contributed by atoms with Crippen molar-refractivity contribution in [2.45, 2.75) is 13.3 Å². The minimum Gasteiger partial charge on any atom is -0.317 e. The molecule has 0 atom stereocenters. The zero-order chi connectivity index (χ0) is 11.3. The Hall–Kier alpha value is -1.13. The number of hydrogen-bond acceptors (Lipinski definition) is 3. The lowest BCUT2D eigenvalue weighted by molar-refractivity contribution is -0.385. The summed E-state index contributed by atoms with van der Waals surface area (Å²) in [4.78, 5) is 10.3. The molecule has 0 aliphatic rings. The van der Waals surface area contributed by atoms with Gasteiger partial charge in [-0.15, -0.1) is 0 Å². The summed E-state index contributed by atoms with van der Waals surface area (Å²) >= 11 is 5.79. The lowest BCUT2D eigenvalue weighted by atomic mass is 10.1. The summed E-state index contributed by atoms with van der Waals surface area (Å²) in [6.07, 6.45) is 0.616. The lowest BCUT2D eigenvalue weighted by Gasteiger charge is -2.04. The molecule has 0 fully saturated rings. The molecule has 0 radical (unpaired) electrons. The Morgan fingerprint density at radius 2 is 2.27 bits per heavy atom. The predicted octanol–water partition coefficient (Wildman–Crippen LogP) is 2.40. The number of benzene rings is 1. The Morgan fingerprint density at radius 3 is 2.87 bits per heavy atom. The summed E-state index contributed by atoms with van der Waals surface area (Å²) in [6, 6.07) is 4.64. The summed E-state index contributed by atoms with van der Waals surface area (Å²) in [5.41, 5.74) is 0.811. The minimum absolute atomic E-state index is 0.136. The summed E-state index contributed by atoms with van der Waals surface area (Å²) in [7, 11) is 0. The zero-order valence-corrected chi connectivity index (χ0v) is 9.25. The highest BCUT2D eigenvalue weighted by Gasteiger charge is 2.12. The average Bonchev–Trinajstić information content (AvgIpc) is 2.18. The van der Waals surface area contributed by atoms with Crippen LogP contribution in [0.5, 0.6) is 0 Å². The van der Waals surface area contributed by atoms with E-state index in [9.17, 15) is 10.1 Å². The van der Waals surface area contributed by atoms with Crippen LogP contribution in [-0.4, -0.2) is 18.0 Å². The van der Waals surface area contributed by atoms with Gasteiger partial charge in [-0.25, -0.2) is 0 Å². The van der Waals surface area contributed by atoms with E-state index in [0.29, 0.717) is 17.0 Å². The second-order valence-electron chi connectivity index (χ2n) is 3.13. The number of nitro benzene ring substituents is 1. The van der Waals surface area contributed by atoms with Gasteiger partial charge >= 0.3 is 0 Å². The molecule has 4 nitrogen and oxygen atoms in total. The zero-order valence-electron chi connectivity index (χ0n) is 8.50. The molecule has 0 aliphatic carbocycles. The largest absolute Gasteiger partial charge is 0.317 e. The van der Waals surface area contributed by atoms with Crippen LogP contribution in [0.25, 0.3) is 0 Å². The van der Waals surface area contributed by atoms with Crippen LogP contribution >= 0.6 is 11.6 Å². The molecule has 0 amide bonds. The van der Waals surface area contributed by atoms with Crippen molar-refractivity contribution in [1.29, 1.82) is 0 Å². The molecule has 0 saturated carbocycles. The maximum absolute atomic E-state index is 10.7. The number of hydrogen-bond donors (Lipinski definition) is 1. The molecular formula is C10H13ClN2O2. The van der Waals surface area contributed by atoms with Crippen molar-refractivity contribution in [1.82, 2.24) is 5.32 Å². The molecule has 1 rings (SSSR count). The van der Waals surface area contributed by atoms with E-state index in [1.807, 2.05) is 6.92 Å². The van der Waals surface area contributed by atoms with Crippen molar-refractivity contribution < 1.29 is 4.92 Å². The Bertz CT molecular complexity index is 355. The molecule has 1 aromatic carbocycles. The predicted molar refractivity (Wildman–Crippen MR) is 60.4 cm³/mol. The van der Waals surface area contributed by atoms with E-state index in [0.717, 1.165) is 13.1 Å². The normalized spacial score (nSPS) is 10.3. The van der Waals surface area contributed by atoms with Crippen LogP contribution in [0.4, 0.5) is 5.69 Å². The molecule has 0 aromatic heterocycles. The molecule has 15 heavy (non-hydrogen) atoms. The van der Waals surface area contributed by atoms with Gasteiger partial charge in [-0.2, -0.15) is 0 Å². The summed E-state index contributed by atoms with van der Waals surface area (Å²) in [5.74, 6) is 0. The quantitative estimate of drug-likeness (QED) is 0.478. The molecule has 1 aromatic rings. The van der Waals surface area contributed by atoms with E-state index in [1.54, 1.807) is 6.07 Å². The number of nitrogens with zero attached hydrogens (tertiary/aromatic N) is 1. The maximum atomic E-state index is 10.7. The second kappa shape index (κ2) is 5.68. The molecule has 5 heteroatoms. The summed E-state index contributed by atoms with van der Waals surface area (Å²) in [5, 5.41) is 14.4. The van der Waals surface area contributed by atoms with Crippen LogP contribution in [0.2, 0.25) is 5.02 Å². The molecule has 82 valence electrons. The first kappa shape index (κ1) is 11.9. The first-order valence-corrected chi connectivity index (χ1v) is 5.16. The Morgan fingerprint density at radius 1 is 1.53 bits per heavy atom. The van der Waals surface area contributed by atoms with Gasteiger partial charge < -0.3 is 5.32 Å². The molecular weight excluding hydrogens is 216 g/mol. The van der Waals surface area contributed by atoms with E-state index < -0.39 is 0 Å². The fraction of sp³-hybridized carbons (Fsp3) is 0.400. The van der Waals surface area contributed by atoms with Crippen molar-refractivity contribution in [3.63, 3.8) is 0 Å². The van der Waals surface area contributed by atoms with E-state index in [2.05, 4.69) is 5.32 Å². The van der Waals surface area contributed by atoms with Gasteiger partial charge in [0.1, 0.15) is 0 Å². The lowest BCUT2D eigenvalue weighted by Crippen LogP contribution is -2.16. The molecule has 0 saturated heterocycles. The topological polar surface area (TPSA) is 55.2 Å². The monoisotopic (exact) mass is 228 g/mol. The molecule has 0 aliphatic heterocycles. The smallest absolute Gasteiger partial charge is 0.272 e. The highest BCUT2D eigenvalue weighted by atomic mass is 35.5. The Labute approximate surface area is 93.4 Å². The molecule has 0 unspecified atom stereocenters. The summed E-state index contributed by atoms with van der Waals surface area (Å²) in [6.45, 7) is 3.57.